The molecular weight excluding hydrogens is 332 g/mol. The summed E-state index contributed by atoms with van der Waals surface area (Å²) in [5, 5.41) is 24.4. The molecule has 0 spiro atoms. The Labute approximate surface area is 150 Å². The molecule has 2 aromatic carbocycles. The van der Waals surface area contributed by atoms with E-state index in [1.165, 1.54) is 0 Å². The van der Waals surface area contributed by atoms with E-state index < -0.39 is 12.0 Å². The number of hydrogen-bond donors (Lipinski definition) is 3. The van der Waals surface area contributed by atoms with Gasteiger partial charge in [0.25, 0.3) is 0 Å². The number of aromatic hydroxyl groups is 1. The molecule has 1 aliphatic rings. The summed E-state index contributed by atoms with van der Waals surface area (Å²) in [5.74, 6) is -0.610. The van der Waals surface area contributed by atoms with Gasteiger partial charge in [-0.3, -0.25) is 0 Å². The highest BCUT2D eigenvalue weighted by atomic mass is 16.5. The predicted molar refractivity (Wildman–Crippen MR) is 93.8 cm³/mol. The lowest BCUT2D eigenvalue weighted by molar-refractivity contribution is -0.717. The quantitative estimate of drug-likeness (QED) is 0.640. The van der Waals surface area contributed by atoms with Gasteiger partial charge in [0.1, 0.15) is 6.04 Å². The zero-order chi connectivity index (χ0) is 18.3. The molecule has 2 atom stereocenters. The number of para-hydroxylation sites is 1. The van der Waals surface area contributed by atoms with E-state index in [0.717, 1.165) is 27.7 Å². The Morgan fingerprint density at radius 1 is 1.35 bits per heavy atom. The van der Waals surface area contributed by atoms with Crippen molar-refractivity contribution in [3.8, 4) is 11.5 Å². The molecular formula is C20H20N2O4. The van der Waals surface area contributed by atoms with Crippen molar-refractivity contribution in [3.63, 3.8) is 0 Å². The van der Waals surface area contributed by atoms with Crippen LogP contribution in [-0.4, -0.2) is 28.7 Å². The van der Waals surface area contributed by atoms with Gasteiger partial charge >= 0.3 is 0 Å². The number of carbonyl (C=O) groups is 1. The Bertz CT molecular complexity index is 979. The van der Waals surface area contributed by atoms with Crippen molar-refractivity contribution in [2.75, 3.05) is 6.61 Å². The maximum absolute atomic E-state index is 11.6. The number of hydrogen-bond acceptors (Lipinski definition) is 4. The topological polar surface area (TPSA) is 102 Å². The number of carboxylic acids is 1. The number of aromatic nitrogens is 1. The number of carboxylic acid groups (broad SMARTS) is 1. The van der Waals surface area contributed by atoms with Crippen LogP contribution in [0.15, 0.2) is 42.5 Å². The zero-order valence-electron chi connectivity index (χ0n) is 14.4. The number of quaternary nitrogens is 1. The number of phenolic OH excluding ortho intramolecular Hbond substituents is 1. The number of rotatable bonds is 4. The number of fused-ring (bicyclic) bond motifs is 3. The van der Waals surface area contributed by atoms with E-state index in [-0.39, 0.29) is 11.8 Å². The molecule has 0 amide bonds. The molecule has 0 bridgehead atoms. The zero-order valence-corrected chi connectivity index (χ0v) is 14.4. The van der Waals surface area contributed by atoms with Gasteiger partial charge in [0.15, 0.2) is 17.5 Å². The van der Waals surface area contributed by atoms with E-state index in [1.54, 1.807) is 23.5 Å². The van der Waals surface area contributed by atoms with Crippen LogP contribution in [0, 0.1) is 0 Å². The van der Waals surface area contributed by atoms with Crippen molar-refractivity contribution in [2.24, 2.45) is 0 Å². The summed E-state index contributed by atoms with van der Waals surface area (Å²) in [7, 11) is 0. The summed E-state index contributed by atoms with van der Waals surface area (Å²) in [6.45, 7) is 2.28. The van der Waals surface area contributed by atoms with Crippen molar-refractivity contribution in [2.45, 2.75) is 25.4 Å². The minimum absolute atomic E-state index is 0.0692. The number of H-pyrrole nitrogens is 1. The van der Waals surface area contributed by atoms with Gasteiger partial charge in [0.05, 0.1) is 18.3 Å². The third-order valence-corrected chi connectivity index (χ3v) is 4.95. The first-order chi connectivity index (χ1) is 12.6. The van der Waals surface area contributed by atoms with E-state index in [0.29, 0.717) is 18.8 Å². The number of aromatic amines is 1. The molecule has 0 saturated heterocycles. The van der Waals surface area contributed by atoms with Crippen LogP contribution in [0.3, 0.4) is 0 Å². The lowest BCUT2D eigenvalue weighted by Crippen LogP contribution is -2.95. The van der Waals surface area contributed by atoms with E-state index in [1.807, 2.05) is 31.2 Å². The van der Waals surface area contributed by atoms with Gasteiger partial charge in [-0.15, -0.1) is 0 Å². The predicted octanol–water partition coefficient (Wildman–Crippen LogP) is 0.600. The van der Waals surface area contributed by atoms with Gasteiger partial charge < -0.3 is 30.0 Å². The lowest BCUT2D eigenvalue weighted by Gasteiger charge is -2.29. The lowest BCUT2D eigenvalue weighted by atomic mass is 9.90. The summed E-state index contributed by atoms with van der Waals surface area (Å²) in [4.78, 5) is 15.0. The van der Waals surface area contributed by atoms with Gasteiger partial charge in [0.2, 0.25) is 0 Å². The van der Waals surface area contributed by atoms with Crippen LogP contribution < -0.4 is 15.2 Å². The molecule has 1 aliphatic heterocycles. The highest BCUT2D eigenvalue weighted by Gasteiger charge is 2.35. The van der Waals surface area contributed by atoms with E-state index in [2.05, 4.69) is 4.98 Å². The fraction of sp³-hybridized carbons (Fsp3) is 0.250. The summed E-state index contributed by atoms with van der Waals surface area (Å²) < 4.78 is 5.49. The van der Waals surface area contributed by atoms with E-state index in [4.69, 9.17) is 4.74 Å². The fourth-order valence-corrected chi connectivity index (χ4v) is 3.76. The van der Waals surface area contributed by atoms with Crippen molar-refractivity contribution >= 4 is 16.9 Å². The summed E-state index contributed by atoms with van der Waals surface area (Å²) >= 11 is 0. The average molecular weight is 352 g/mol. The molecule has 6 heteroatoms. The average Bonchev–Trinajstić information content (AvgIpc) is 3.01. The molecule has 3 aromatic rings. The van der Waals surface area contributed by atoms with Crippen LogP contribution in [0.4, 0.5) is 0 Å². The number of carbonyl (C=O) groups excluding carboxylic acids is 1. The second-order valence-electron chi connectivity index (χ2n) is 6.52. The number of phenols is 1. The minimum atomic E-state index is -1.07. The summed E-state index contributed by atoms with van der Waals surface area (Å²) in [5.41, 5.74) is 3.84. The minimum Gasteiger partial charge on any atom is -0.544 e. The summed E-state index contributed by atoms with van der Waals surface area (Å²) in [6.07, 6.45) is 0.411. The highest BCUT2D eigenvalue weighted by Crippen LogP contribution is 2.35. The molecule has 134 valence electrons. The highest BCUT2D eigenvalue weighted by molar-refractivity contribution is 5.86. The molecule has 26 heavy (non-hydrogen) atoms. The third-order valence-electron chi connectivity index (χ3n) is 4.95. The molecule has 1 aromatic heterocycles. The van der Waals surface area contributed by atoms with Crippen molar-refractivity contribution in [1.29, 1.82) is 0 Å². The number of aliphatic carboxylic acids is 1. The van der Waals surface area contributed by atoms with Gasteiger partial charge in [0, 0.05) is 22.9 Å². The van der Waals surface area contributed by atoms with Gasteiger partial charge in [-0.1, -0.05) is 18.2 Å². The Morgan fingerprint density at radius 3 is 2.92 bits per heavy atom. The maximum atomic E-state index is 11.6. The number of ether oxygens (including phenoxy) is 1. The molecule has 0 unspecified atom stereocenters. The molecule has 0 radical (unpaired) electrons. The van der Waals surface area contributed by atoms with Crippen molar-refractivity contribution in [1.82, 2.24) is 4.98 Å². The van der Waals surface area contributed by atoms with Crippen molar-refractivity contribution < 1.29 is 25.1 Å². The first-order valence-corrected chi connectivity index (χ1v) is 8.69. The van der Waals surface area contributed by atoms with Crippen LogP contribution >= 0.6 is 0 Å². The number of benzene rings is 2. The van der Waals surface area contributed by atoms with E-state index in [9.17, 15) is 15.0 Å². The van der Waals surface area contributed by atoms with Crippen LogP contribution in [-0.2, 0) is 11.2 Å². The van der Waals surface area contributed by atoms with Crippen molar-refractivity contribution in [3.05, 3.63) is 59.3 Å². The van der Waals surface area contributed by atoms with Crippen LogP contribution in [0.1, 0.15) is 29.8 Å². The Balaban J connectivity index is 1.86. The molecule has 0 fully saturated rings. The third kappa shape index (κ3) is 2.68. The monoisotopic (exact) mass is 352 g/mol. The van der Waals surface area contributed by atoms with E-state index >= 15 is 0 Å². The summed E-state index contributed by atoms with van der Waals surface area (Å²) in [6, 6.07) is 12.1. The smallest absolute Gasteiger partial charge is 0.161 e. The fourth-order valence-electron chi connectivity index (χ4n) is 3.76. The SMILES string of the molecule is CCOc1cc([C@H]2[NH2+][C@H](C(=O)[O-])Cc3c2[nH]c2ccccc32)ccc1O. The molecule has 2 heterocycles. The largest absolute Gasteiger partial charge is 0.544 e. The maximum Gasteiger partial charge on any atom is 0.161 e. The first kappa shape index (κ1) is 16.5. The number of nitrogens with one attached hydrogen (secondary N) is 1. The molecule has 0 saturated carbocycles. The second kappa shape index (κ2) is 6.38. The van der Waals surface area contributed by atoms with Gasteiger partial charge in [-0.05, 0) is 36.8 Å². The Hall–Kier alpha value is -2.99. The first-order valence-electron chi connectivity index (χ1n) is 8.69. The molecule has 4 N–H and O–H groups in total. The Morgan fingerprint density at radius 2 is 2.15 bits per heavy atom. The van der Waals surface area contributed by atoms with Crippen LogP contribution in [0.25, 0.3) is 10.9 Å². The molecule has 4 rings (SSSR count). The second-order valence-corrected chi connectivity index (χ2v) is 6.52. The standard InChI is InChI=1S/C20H20N2O4/c1-2-26-17-9-11(7-8-16(17)23)18-19-13(10-15(22-18)20(24)25)12-5-3-4-6-14(12)21-19/h3-9,15,18,21-23H,2,10H2,1H3,(H,24,25)/t15-,18+/m0/s1. The normalized spacial score (nSPS) is 19.3. The Kier molecular flexibility index (Phi) is 4.05. The van der Waals surface area contributed by atoms with Crippen LogP contribution in [0.2, 0.25) is 0 Å². The molecule has 6 nitrogen and oxygen atoms in total. The van der Waals surface area contributed by atoms with Crippen LogP contribution in [0.5, 0.6) is 11.5 Å². The van der Waals surface area contributed by atoms with Gasteiger partial charge in [-0.2, -0.15) is 0 Å². The molecule has 0 aliphatic carbocycles. The number of nitrogens with two attached hydrogens (primary N) is 1. The van der Waals surface area contributed by atoms with Gasteiger partial charge in [-0.25, -0.2) is 0 Å².